The van der Waals surface area contributed by atoms with Crippen LogP contribution < -0.4 is 15.8 Å². The molecule has 0 atom stereocenters. The molecular weight excluding hydrogens is 256 g/mol. The molecule has 0 unspecified atom stereocenters. The number of ether oxygens (including phenoxy) is 1. The van der Waals surface area contributed by atoms with Crippen molar-refractivity contribution in [3.05, 3.63) is 54.1 Å². The van der Waals surface area contributed by atoms with Gasteiger partial charge in [-0.3, -0.25) is 4.79 Å². The van der Waals surface area contributed by atoms with E-state index in [1.807, 2.05) is 0 Å². The summed E-state index contributed by atoms with van der Waals surface area (Å²) in [5.74, 6) is 0.527. The molecule has 2 aromatic carbocycles. The number of rotatable bonds is 5. The molecule has 0 fully saturated rings. The molecule has 0 aliphatic heterocycles. The Hall–Kier alpha value is -2.53. The number of aromatic hydroxyl groups is 1. The van der Waals surface area contributed by atoms with E-state index in [9.17, 15) is 9.90 Å². The molecule has 0 spiro atoms. The Bertz CT molecular complexity index is 582. The third kappa shape index (κ3) is 3.73. The lowest BCUT2D eigenvalue weighted by Gasteiger charge is -2.08. The monoisotopic (exact) mass is 272 g/mol. The van der Waals surface area contributed by atoms with Crippen LogP contribution >= 0.6 is 0 Å². The zero-order valence-corrected chi connectivity index (χ0v) is 10.9. The molecule has 0 aliphatic carbocycles. The van der Waals surface area contributed by atoms with Crippen molar-refractivity contribution in [2.75, 3.05) is 18.5 Å². The third-order valence-corrected chi connectivity index (χ3v) is 2.61. The molecule has 0 bridgehead atoms. The number of amides is 1. The predicted molar refractivity (Wildman–Crippen MR) is 77.1 cm³/mol. The highest BCUT2D eigenvalue weighted by Crippen LogP contribution is 2.18. The predicted octanol–water partition coefficient (Wildman–Crippen LogP) is 1.98. The van der Waals surface area contributed by atoms with Gasteiger partial charge in [0, 0.05) is 23.9 Å². The summed E-state index contributed by atoms with van der Waals surface area (Å²) in [5, 5.41) is 12.0. The van der Waals surface area contributed by atoms with Crippen LogP contribution in [0.5, 0.6) is 11.5 Å². The summed E-state index contributed by atoms with van der Waals surface area (Å²) in [5.41, 5.74) is 6.47. The van der Waals surface area contributed by atoms with E-state index in [1.54, 1.807) is 36.4 Å². The van der Waals surface area contributed by atoms with E-state index < -0.39 is 0 Å². The van der Waals surface area contributed by atoms with Crippen molar-refractivity contribution in [1.82, 2.24) is 0 Å². The summed E-state index contributed by atoms with van der Waals surface area (Å²) in [6.07, 6.45) is 0. The van der Waals surface area contributed by atoms with Gasteiger partial charge in [0.25, 0.3) is 5.91 Å². The standard InChI is InChI=1S/C15H16N2O3/c16-8-9-20-14-3-1-2-12(10-14)17-15(19)11-4-6-13(18)7-5-11/h1-7,10,18H,8-9,16H2,(H,17,19). The molecular formula is C15H16N2O3. The quantitative estimate of drug-likeness (QED) is 0.777. The van der Waals surface area contributed by atoms with Crippen LogP contribution in [0.25, 0.3) is 0 Å². The first-order valence-corrected chi connectivity index (χ1v) is 6.22. The van der Waals surface area contributed by atoms with Gasteiger partial charge in [0.15, 0.2) is 0 Å². The molecule has 0 heterocycles. The molecule has 5 nitrogen and oxygen atoms in total. The van der Waals surface area contributed by atoms with Crippen LogP contribution in [0.3, 0.4) is 0 Å². The summed E-state index contributed by atoms with van der Waals surface area (Å²) < 4.78 is 5.39. The van der Waals surface area contributed by atoms with Gasteiger partial charge in [0.05, 0.1) is 0 Å². The molecule has 0 saturated carbocycles. The number of hydrogen-bond acceptors (Lipinski definition) is 4. The van der Waals surface area contributed by atoms with Gasteiger partial charge in [0.1, 0.15) is 18.1 Å². The molecule has 5 heteroatoms. The second kappa shape index (κ2) is 6.58. The van der Waals surface area contributed by atoms with Gasteiger partial charge in [-0.2, -0.15) is 0 Å². The van der Waals surface area contributed by atoms with Crippen molar-refractivity contribution in [3.8, 4) is 11.5 Å². The Morgan fingerprint density at radius 1 is 1.20 bits per heavy atom. The van der Waals surface area contributed by atoms with Crippen LogP contribution in [0.1, 0.15) is 10.4 Å². The Morgan fingerprint density at radius 2 is 1.95 bits per heavy atom. The first kappa shape index (κ1) is 13.9. The van der Waals surface area contributed by atoms with Crippen LogP contribution in [0.4, 0.5) is 5.69 Å². The summed E-state index contributed by atoms with van der Waals surface area (Å²) in [7, 11) is 0. The normalized spacial score (nSPS) is 10.1. The Kier molecular flexibility index (Phi) is 4.57. The van der Waals surface area contributed by atoms with E-state index >= 15 is 0 Å². The minimum absolute atomic E-state index is 0.124. The van der Waals surface area contributed by atoms with Crippen LogP contribution in [0.15, 0.2) is 48.5 Å². The molecule has 20 heavy (non-hydrogen) atoms. The average Bonchev–Trinajstić information content (AvgIpc) is 2.46. The fraction of sp³-hybridized carbons (Fsp3) is 0.133. The second-order valence-electron chi connectivity index (χ2n) is 4.17. The first-order chi connectivity index (χ1) is 9.69. The Labute approximate surface area is 117 Å². The zero-order valence-electron chi connectivity index (χ0n) is 10.9. The number of phenols is 1. The molecule has 4 N–H and O–H groups in total. The van der Waals surface area contributed by atoms with Gasteiger partial charge in [-0.25, -0.2) is 0 Å². The van der Waals surface area contributed by atoms with Gasteiger partial charge >= 0.3 is 0 Å². The topological polar surface area (TPSA) is 84.6 Å². The van der Waals surface area contributed by atoms with Gasteiger partial charge in [-0.05, 0) is 36.4 Å². The lowest BCUT2D eigenvalue weighted by atomic mass is 10.2. The maximum atomic E-state index is 12.0. The van der Waals surface area contributed by atoms with Crippen molar-refractivity contribution in [3.63, 3.8) is 0 Å². The molecule has 104 valence electrons. The summed E-state index contributed by atoms with van der Waals surface area (Å²) >= 11 is 0. The van der Waals surface area contributed by atoms with Crippen molar-refractivity contribution >= 4 is 11.6 Å². The van der Waals surface area contributed by atoms with Crippen molar-refractivity contribution < 1.29 is 14.6 Å². The van der Waals surface area contributed by atoms with Crippen LogP contribution in [-0.4, -0.2) is 24.2 Å². The summed E-state index contributed by atoms with van der Waals surface area (Å²) in [6.45, 7) is 0.861. The summed E-state index contributed by atoms with van der Waals surface area (Å²) in [4.78, 5) is 12.0. The van der Waals surface area contributed by atoms with Crippen LogP contribution in [0.2, 0.25) is 0 Å². The van der Waals surface area contributed by atoms with Crippen LogP contribution in [0, 0.1) is 0 Å². The molecule has 0 aliphatic rings. The lowest BCUT2D eigenvalue weighted by Crippen LogP contribution is -2.12. The number of carbonyl (C=O) groups is 1. The van der Waals surface area contributed by atoms with E-state index in [2.05, 4.69) is 5.32 Å². The summed E-state index contributed by atoms with van der Waals surface area (Å²) in [6, 6.07) is 13.1. The Balaban J connectivity index is 2.05. The largest absolute Gasteiger partial charge is 0.508 e. The number of carbonyl (C=O) groups excluding carboxylic acids is 1. The molecule has 1 amide bonds. The number of benzene rings is 2. The van der Waals surface area contributed by atoms with E-state index in [0.29, 0.717) is 30.2 Å². The second-order valence-corrected chi connectivity index (χ2v) is 4.17. The maximum absolute atomic E-state index is 12.0. The Morgan fingerprint density at radius 3 is 2.65 bits per heavy atom. The van der Waals surface area contributed by atoms with E-state index in [-0.39, 0.29) is 11.7 Å². The van der Waals surface area contributed by atoms with Crippen molar-refractivity contribution in [2.24, 2.45) is 5.73 Å². The highest BCUT2D eigenvalue weighted by Gasteiger charge is 2.06. The van der Waals surface area contributed by atoms with Gasteiger partial charge in [0.2, 0.25) is 0 Å². The van der Waals surface area contributed by atoms with E-state index in [1.165, 1.54) is 12.1 Å². The van der Waals surface area contributed by atoms with Gasteiger partial charge in [-0.1, -0.05) is 6.07 Å². The molecule has 0 radical (unpaired) electrons. The number of anilines is 1. The fourth-order valence-electron chi connectivity index (χ4n) is 1.66. The van der Waals surface area contributed by atoms with E-state index in [0.717, 1.165) is 0 Å². The average molecular weight is 272 g/mol. The molecule has 2 aromatic rings. The lowest BCUT2D eigenvalue weighted by molar-refractivity contribution is 0.102. The smallest absolute Gasteiger partial charge is 0.255 e. The van der Waals surface area contributed by atoms with Crippen LogP contribution in [-0.2, 0) is 0 Å². The van der Waals surface area contributed by atoms with Crippen molar-refractivity contribution in [1.29, 1.82) is 0 Å². The molecule has 0 aromatic heterocycles. The third-order valence-electron chi connectivity index (χ3n) is 2.61. The SMILES string of the molecule is NCCOc1cccc(NC(=O)c2ccc(O)cc2)c1. The molecule has 2 rings (SSSR count). The zero-order chi connectivity index (χ0) is 14.4. The number of nitrogens with one attached hydrogen (secondary N) is 1. The fourth-order valence-corrected chi connectivity index (χ4v) is 1.66. The maximum Gasteiger partial charge on any atom is 0.255 e. The minimum Gasteiger partial charge on any atom is -0.508 e. The number of phenolic OH excluding ortho intramolecular Hbond substituents is 1. The highest BCUT2D eigenvalue weighted by molar-refractivity contribution is 6.04. The first-order valence-electron chi connectivity index (χ1n) is 6.22. The van der Waals surface area contributed by atoms with Gasteiger partial charge in [-0.15, -0.1) is 0 Å². The number of hydrogen-bond donors (Lipinski definition) is 3. The highest BCUT2D eigenvalue weighted by atomic mass is 16.5. The minimum atomic E-state index is -0.249. The molecule has 0 saturated heterocycles. The van der Waals surface area contributed by atoms with Gasteiger partial charge < -0.3 is 20.9 Å². The van der Waals surface area contributed by atoms with E-state index in [4.69, 9.17) is 10.5 Å². The van der Waals surface area contributed by atoms with Crippen molar-refractivity contribution in [2.45, 2.75) is 0 Å². The number of nitrogens with two attached hydrogens (primary N) is 1.